The summed E-state index contributed by atoms with van der Waals surface area (Å²) in [6.07, 6.45) is 3.73. The van der Waals surface area contributed by atoms with Gasteiger partial charge in [-0.05, 0) is 36.5 Å². The molecule has 1 fully saturated rings. The molecule has 6 heteroatoms. The summed E-state index contributed by atoms with van der Waals surface area (Å²) in [6.45, 7) is 2.29. The summed E-state index contributed by atoms with van der Waals surface area (Å²) in [4.78, 5) is -0.307. The number of nitrogens with one attached hydrogen (secondary N) is 1. The zero-order valence-corrected chi connectivity index (χ0v) is 12.4. The lowest BCUT2D eigenvalue weighted by molar-refractivity contribution is 0.327. The molecule has 2 unspecified atom stereocenters. The van der Waals surface area contributed by atoms with E-state index in [1.54, 1.807) is 0 Å². The fraction of sp³-hybridized carbons (Fsp3) is 0.571. The van der Waals surface area contributed by atoms with E-state index in [9.17, 15) is 12.8 Å². The van der Waals surface area contributed by atoms with Crippen LogP contribution < -0.4 is 10.5 Å². The minimum absolute atomic E-state index is 0.107. The van der Waals surface area contributed by atoms with Gasteiger partial charge >= 0.3 is 0 Å². The van der Waals surface area contributed by atoms with Crippen LogP contribution in [0.5, 0.6) is 0 Å². The van der Waals surface area contributed by atoms with E-state index < -0.39 is 15.8 Å². The molecule has 0 aromatic heterocycles. The lowest BCUT2D eigenvalue weighted by Crippen LogP contribution is -2.38. The first kappa shape index (κ1) is 15.4. The van der Waals surface area contributed by atoms with Gasteiger partial charge < -0.3 is 5.73 Å². The van der Waals surface area contributed by atoms with Crippen LogP contribution in [0.4, 0.5) is 4.39 Å². The Morgan fingerprint density at radius 2 is 2.15 bits per heavy atom. The maximum absolute atomic E-state index is 13.8. The normalized spacial score (nSPS) is 23.8. The monoisotopic (exact) mass is 300 g/mol. The Morgan fingerprint density at radius 3 is 2.80 bits per heavy atom. The molecule has 0 amide bonds. The highest BCUT2D eigenvalue weighted by Gasteiger charge is 2.26. The Morgan fingerprint density at radius 1 is 1.40 bits per heavy atom. The summed E-state index contributed by atoms with van der Waals surface area (Å²) in [5.74, 6) is -0.241. The molecule has 0 spiro atoms. The van der Waals surface area contributed by atoms with Crippen molar-refractivity contribution in [3.8, 4) is 0 Å². The minimum Gasteiger partial charge on any atom is -0.326 e. The first-order chi connectivity index (χ1) is 9.42. The Labute approximate surface area is 119 Å². The van der Waals surface area contributed by atoms with E-state index in [0.29, 0.717) is 11.5 Å². The van der Waals surface area contributed by atoms with Crippen LogP contribution in [-0.4, -0.2) is 14.5 Å². The van der Waals surface area contributed by atoms with E-state index in [1.807, 2.05) is 0 Å². The van der Waals surface area contributed by atoms with Crippen LogP contribution in [0, 0.1) is 11.7 Å². The van der Waals surface area contributed by atoms with Gasteiger partial charge in [0.15, 0.2) is 0 Å². The van der Waals surface area contributed by atoms with Crippen molar-refractivity contribution in [1.82, 2.24) is 4.72 Å². The Balaban J connectivity index is 2.21. The molecular formula is C14H21FN2O2S. The van der Waals surface area contributed by atoms with Crippen LogP contribution in [0.3, 0.4) is 0 Å². The van der Waals surface area contributed by atoms with Gasteiger partial charge in [-0.15, -0.1) is 0 Å². The van der Waals surface area contributed by atoms with E-state index in [0.717, 1.165) is 31.7 Å². The van der Waals surface area contributed by atoms with Crippen LogP contribution in [0.15, 0.2) is 23.1 Å². The predicted octanol–water partition coefficient (Wildman–Crippen LogP) is 2.14. The smallest absolute Gasteiger partial charge is 0.243 e. The SMILES string of the molecule is CC1CCCC(NS(=O)(=O)c2cc(CN)ccc2F)C1. The van der Waals surface area contributed by atoms with Gasteiger partial charge in [-0.1, -0.05) is 25.8 Å². The molecule has 1 aliphatic rings. The van der Waals surface area contributed by atoms with Crippen LogP contribution in [0.2, 0.25) is 0 Å². The maximum atomic E-state index is 13.8. The number of halogens is 1. The van der Waals surface area contributed by atoms with Gasteiger partial charge in [-0.3, -0.25) is 0 Å². The molecule has 0 saturated heterocycles. The van der Waals surface area contributed by atoms with Crippen molar-refractivity contribution in [3.63, 3.8) is 0 Å². The zero-order chi connectivity index (χ0) is 14.8. The average Bonchev–Trinajstić information content (AvgIpc) is 2.38. The van der Waals surface area contributed by atoms with Crippen molar-refractivity contribution in [2.45, 2.75) is 50.1 Å². The van der Waals surface area contributed by atoms with Crippen LogP contribution in [0.1, 0.15) is 38.2 Å². The van der Waals surface area contributed by atoms with E-state index in [-0.39, 0.29) is 17.5 Å². The fourth-order valence-corrected chi connectivity index (χ4v) is 4.12. The van der Waals surface area contributed by atoms with Crippen molar-refractivity contribution >= 4 is 10.0 Å². The summed E-state index contributed by atoms with van der Waals surface area (Å²) in [6, 6.07) is 3.85. The molecule has 0 heterocycles. The number of sulfonamides is 1. The van der Waals surface area contributed by atoms with Crippen molar-refractivity contribution in [1.29, 1.82) is 0 Å². The predicted molar refractivity (Wildman–Crippen MR) is 76.0 cm³/mol. The quantitative estimate of drug-likeness (QED) is 0.895. The van der Waals surface area contributed by atoms with Gasteiger partial charge in [0.05, 0.1) is 0 Å². The summed E-state index contributed by atoms with van der Waals surface area (Å²) in [5, 5.41) is 0. The van der Waals surface area contributed by atoms with Crippen LogP contribution in [-0.2, 0) is 16.6 Å². The molecule has 2 rings (SSSR count). The highest BCUT2D eigenvalue weighted by molar-refractivity contribution is 7.89. The van der Waals surface area contributed by atoms with Crippen molar-refractivity contribution < 1.29 is 12.8 Å². The zero-order valence-electron chi connectivity index (χ0n) is 11.6. The van der Waals surface area contributed by atoms with Gasteiger partial charge in [0.1, 0.15) is 10.7 Å². The fourth-order valence-electron chi connectivity index (χ4n) is 2.70. The van der Waals surface area contributed by atoms with Crippen LogP contribution >= 0.6 is 0 Å². The molecule has 2 atom stereocenters. The third kappa shape index (κ3) is 3.56. The molecular weight excluding hydrogens is 279 g/mol. The standard InChI is InChI=1S/C14H21FN2O2S/c1-10-3-2-4-12(7-10)17-20(18,19)14-8-11(9-16)5-6-13(14)15/h5-6,8,10,12,17H,2-4,7,9,16H2,1H3. The highest BCUT2D eigenvalue weighted by atomic mass is 32.2. The number of hydrogen-bond donors (Lipinski definition) is 2. The molecule has 20 heavy (non-hydrogen) atoms. The molecule has 1 aromatic rings. The molecule has 3 N–H and O–H groups in total. The summed E-state index contributed by atoms with van der Waals surface area (Å²) in [5.41, 5.74) is 6.08. The van der Waals surface area contributed by atoms with Gasteiger partial charge in [0.25, 0.3) is 0 Å². The van der Waals surface area contributed by atoms with E-state index in [2.05, 4.69) is 11.6 Å². The second-order valence-electron chi connectivity index (χ2n) is 5.56. The number of benzene rings is 1. The maximum Gasteiger partial charge on any atom is 0.243 e. The van der Waals surface area contributed by atoms with E-state index in [4.69, 9.17) is 5.73 Å². The second kappa shape index (κ2) is 6.20. The molecule has 4 nitrogen and oxygen atoms in total. The second-order valence-corrected chi connectivity index (χ2v) is 7.24. The van der Waals surface area contributed by atoms with Gasteiger partial charge in [0, 0.05) is 12.6 Å². The Kier molecular flexibility index (Phi) is 4.78. The lowest BCUT2D eigenvalue weighted by atomic mass is 9.88. The third-order valence-corrected chi connectivity index (χ3v) is 5.31. The van der Waals surface area contributed by atoms with E-state index in [1.165, 1.54) is 12.1 Å². The third-order valence-electron chi connectivity index (χ3n) is 3.78. The largest absolute Gasteiger partial charge is 0.326 e. The molecule has 1 aromatic carbocycles. The van der Waals surface area contributed by atoms with Crippen LogP contribution in [0.25, 0.3) is 0 Å². The first-order valence-electron chi connectivity index (χ1n) is 6.93. The Hall–Kier alpha value is -0.980. The topological polar surface area (TPSA) is 72.2 Å². The molecule has 112 valence electrons. The molecule has 1 aliphatic carbocycles. The van der Waals surface area contributed by atoms with Crippen molar-refractivity contribution in [2.75, 3.05) is 0 Å². The molecule has 0 radical (unpaired) electrons. The lowest BCUT2D eigenvalue weighted by Gasteiger charge is -2.27. The van der Waals surface area contributed by atoms with Crippen molar-refractivity contribution in [2.24, 2.45) is 11.7 Å². The minimum atomic E-state index is -3.83. The summed E-state index contributed by atoms with van der Waals surface area (Å²) >= 11 is 0. The first-order valence-corrected chi connectivity index (χ1v) is 8.41. The van der Waals surface area contributed by atoms with Gasteiger partial charge in [0.2, 0.25) is 10.0 Å². The highest BCUT2D eigenvalue weighted by Crippen LogP contribution is 2.25. The molecule has 0 aliphatic heterocycles. The van der Waals surface area contributed by atoms with E-state index >= 15 is 0 Å². The molecule has 1 saturated carbocycles. The van der Waals surface area contributed by atoms with Gasteiger partial charge in [-0.2, -0.15) is 0 Å². The summed E-state index contributed by atoms with van der Waals surface area (Å²) in [7, 11) is -3.83. The summed E-state index contributed by atoms with van der Waals surface area (Å²) < 4.78 is 41.0. The van der Waals surface area contributed by atoms with Gasteiger partial charge in [-0.25, -0.2) is 17.5 Å². The Bertz CT molecular complexity index is 575. The average molecular weight is 300 g/mol. The van der Waals surface area contributed by atoms with Crippen molar-refractivity contribution in [3.05, 3.63) is 29.6 Å². The number of rotatable bonds is 4. The number of nitrogens with two attached hydrogens (primary N) is 1. The number of hydrogen-bond acceptors (Lipinski definition) is 3. The molecule has 0 bridgehead atoms.